The van der Waals surface area contributed by atoms with Gasteiger partial charge >= 0.3 is 5.97 Å². The van der Waals surface area contributed by atoms with Crippen molar-refractivity contribution in [1.82, 2.24) is 15.1 Å². The predicted octanol–water partition coefficient (Wildman–Crippen LogP) is 0.805. The van der Waals surface area contributed by atoms with Crippen molar-refractivity contribution in [3.63, 3.8) is 0 Å². The predicted molar refractivity (Wildman–Crippen MR) is 98.7 cm³/mol. The Bertz CT molecular complexity index is 438. The summed E-state index contributed by atoms with van der Waals surface area (Å²) in [5.74, 6) is 1.30. The van der Waals surface area contributed by atoms with Gasteiger partial charge < -0.3 is 19.7 Å². The first-order valence-electron chi connectivity index (χ1n) is 9.56. The summed E-state index contributed by atoms with van der Waals surface area (Å²) >= 11 is 0. The van der Waals surface area contributed by atoms with Crippen molar-refractivity contribution in [2.45, 2.75) is 26.7 Å². The Morgan fingerprint density at radius 1 is 1.36 bits per heavy atom. The van der Waals surface area contributed by atoms with E-state index in [4.69, 9.17) is 9.47 Å². The van der Waals surface area contributed by atoms with Crippen molar-refractivity contribution in [1.29, 1.82) is 0 Å². The van der Waals surface area contributed by atoms with Crippen molar-refractivity contribution < 1.29 is 14.3 Å². The molecular weight excluding hydrogens is 320 g/mol. The molecular formula is C18H34N4O3. The Balaban J connectivity index is 1.77. The Morgan fingerprint density at radius 2 is 2.12 bits per heavy atom. The van der Waals surface area contributed by atoms with Crippen molar-refractivity contribution in [3.8, 4) is 0 Å². The van der Waals surface area contributed by atoms with Crippen LogP contribution in [0.5, 0.6) is 0 Å². The molecule has 7 heteroatoms. The molecule has 2 heterocycles. The molecule has 2 unspecified atom stereocenters. The van der Waals surface area contributed by atoms with E-state index in [0.29, 0.717) is 19.1 Å². The van der Waals surface area contributed by atoms with Crippen LogP contribution in [-0.4, -0.2) is 87.9 Å². The fourth-order valence-corrected chi connectivity index (χ4v) is 3.51. The van der Waals surface area contributed by atoms with Crippen LogP contribution >= 0.6 is 0 Å². The minimum Gasteiger partial charge on any atom is -0.466 e. The molecule has 2 aliphatic heterocycles. The normalized spacial score (nSPS) is 24.0. The fourth-order valence-electron chi connectivity index (χ4n) is 3.51. The largest absolute Gasteiger partial charge is 0.466 e. The topological polar surface area (TPSA) is 66.4 Å². The lowest BCUT2D eigenvalue weighted by Crippen LogP contribution is -2.49. The molecule has 0 aromatic heterocycles. The number of morpholine rings is 1. The number of aliphatic imine (C=N–C) groups is 1. The highest BCUT2D eigenvalue weighted by Gasteiger charge is 2.28. The van der Waals surface area contributed by atoms with E-state index in [2.05, 4.69) is 27.0 Å². The van der Waals surface area contributed by atoms with Gasteiger partial charge in [-0.3, -0.25) is 14.7 Å². The number of nitrogens with one attached hydrogen (secondary N) is 1. The van der Waals surface area contributed by atoms with E-state index in [1.54, 1.807) is 0 Å². The minimum atomic E-state index is -0.0802. The Kier molecular flexibility index (Phi) is 8.48. The average molecular weight is 354 g/mol. The number of hydrogen-bond donors (Lipinski definition) is 1. The zero-order chi connectivity index (χ0) is 18.1. The molecule has 2 rings (SSSR count). The number of ether oxygens (including phenoxy) is 2. The molecule has 144 valence electrons. The molecule has 2 atom stereocenters. The Morgan fingerprint density at radius 3 is 2.80 bits per heavy atom. The van der Waals surface area contributed by atoms with Crippen LogP contribution in [0.2, 0.25) is 0 Å². The maximum absolute atomic E-state index is 12.0. The number of hydrogen-bond acceptors (Lipinski definition) is 5. The molecule has 0 aromatic rings. The van der Waals surface area contributed by atoms with Crippen LogP contribution in [0.3, 0.4) is 0 Å². The lowest BCUT2D eigenvalue weighted by molar-refractivity contribution is -0.149. The quantitative estimate of drug-likeness (QED) is 0.432. The monoisotopic (exact) mass is 354 g/mol. The van der Waals surface area contributed by atoms with E-state index in [0.717, 1.165) is 64.7 Å². The highest BCUT2D eigenvalue weighted by molar-refractivity contribution is 5.81. The van der Waals surface area contributed by atoms with Gasteiger partial charge in [0.15, 0.2) is 5.96 Å². The number of guanidine groups is 1. The van der Waals surface area contributed by atoms with Gasteiger partial charge in [0.25, 0.3) is 0 Å². The lowest BCUT2D eigenvalue weighted by atomic mass is 9.98. The molecule has 2 saturated heterocycles. The zero-order valence-electron chi connectivity index (χ0n) is 16.0. The molecule has 0 aliphatic carbocycles. The van der Waals surface area contributed by atoms with Gasteiger partial charge in [0, 0.05) is 46.3 Å². The molecule has 0 amide bonds. The molecule has 0 radical (unpaired) electrons. The van der Waals surface area contributed by atoms with Crippen molar-refractivity contribution in [2.24, 2.45) is 16.8 Å². The van der Waals surface area contributed by atoms with Crippen LogP contribution in [0.1, 0.15) is 26.7 Å². The average Bonchev–Trinajstić information content (AvgIpc) is 2.63. The van der Waals surface area contributed by atoms with Gasteiger partial charge in [0.1, 0.15) is 0 Å². The van der Waals surface area contributed by atoms with Crippen LogP contribution in [0.4, 0.5) is 0 Å². The van der Waals surface area contributed by atoms with E-state index in [9.17, 15) is 4.79 Å². The van der Waals surface area contributed by atoms with E-state index < -0.39 is 0 Å². The van der Waals surface area contributed by atoms with Crippen LogP contribution in [-0.2, 0) is 14.3 Å². The van der Waals surface area contributed by atoms with Gasteiger partial charge in [0.05, 0.1) is 25.7 Å². The van der Waals surface area contributed by atoms with Gasteiger partial charge in [0.2, 0.25) is 0 Å². The van der Waals surface area contributed by atoms with Gasteiger partial charge in [-0.2, -0.15) is 0 Å². The summed E-state index contributed by atoms with van der Waals surface area (Å²) in [5, 5.41) is 3.49. The van der Waals surface area contributed by atoms with E-state index in [1.807, 2.05) is 14.0 Å². The summed E-state index contributed by atoms with van der Waals surface area (Å²) in [5.41, 5.74) is 0. The van der Waals surface area contributed by atoms with E-state index >= 15 is 0 Å². The number of piperidine rings is 1. The highest BCUT2D eigenvalue weighted by Crippen LogP contribution is 2.18. The highest BCUT2D eigenvalue weighted by atomic mass is 16.5. The van der Waals surface area contributed by atoms with E-state index in [-0.39, 0.29) is 11.9 Å². The number of carbonyl (C=O) groups excluding carboxylic acids is 1. The SMILES string of the molecule is CCOC(=O)C1CCCN(C(=NC)NCC(C)CN2CCOCC2)C1. The lowest BCUT2D eigenvalue weighted by Gasteiger charge is -2.34. The second-order valence-electron chi connectivity index (χ2n) is 6.98. The third-order valence-electron chi connectivity index (χ3n) is 4.83. The fraction of sp³-hybridized carbons (Fsp3) is 0.889. The van der Waals surface area contributed by atoms with E-state index in [1.165, 1.54) is 0 Å². The summed E-state index contributed by atoms with van der Waals surface area (Å²) in [6, 6.07) is 0. The molecule has 0 saturated carbocycles. The van der Waals surface area contributed by atoms with Gasteiger partial charge in [-0.05, 0) is 25.7 Å². The summed E-state index contributed by atoms with van der Waals surface area (Å²) in [6.45, 7) is 11.9. The van der Waals surface area contributed by atoms with Crippen LogP contribution < -0.4 is 5.32 Å². The number of nitrogens with zero attached hydrogens (tertiary/aromatic N) is 3. The third-order valence-corrected chi connectivity index (χ3v) is 4.83. The smallest absolute Gasteiger partial charge is 0.310 e. The van der Waals surface area contributed by atoms with Gasteiger partial charge in [-0.25, -0.2) is 0 Å². The molecule has 0 spiro atoms. The molecule has 0 aromatic carbocycles. The number of carbonyl (C=O) groups is 1. The summed E-state index contributed by atoms with van der Waals surface area (Å²) < 4.78 is 10.6. The zero-order valence-corrected chi connectivity index (χ0v) is 16.0. The van der Waals surface area contributed by atoms with Crippen molar-refractivity contribution >= 4 is 11.9 Å². The van der Waals surface area contributed by atoms with Crippen LogP contribution in [0.25, 0.3) is 0 Å². The molecule has 1 N–H and O–H groups in total. The Labute approximate surface area is 151 Å². The first-order valence-corrected chi connectivity index (χ1v) is 9.56. The summed E-state index contributed by atoms with van der Waals surface area (Å²) in [4.78, 5) is 21.1. The van der Waals surface area contributed by atoms with Crippen LogP contribution in [0, 0.1) is 11.8 Å². The third kappa shape index (κ3) is 6.47. The first kappa shape index (κ1) is 20.0. The van der Waals surface area contributed by atoms with Gasteiger partial charge in [-0.15, -0.1) is 0 Å². The molecule has 25 heavy (non-hydrogen) atoms. The van der Waals surface area contributed by atoms with Crippen molar-refractivity contribution in [2.75, 3.05) is 66.1 Å². The Hall–Kier alpha value is -1.34. The number of likely N-dealkylation sites (tertiary alicyclic amines) is 1. The molecule has 2 fully saturated rings. The summed E-state index contributed by atoms with van der Waals surface area (Å²) in [7, 11) is 1.81. The number of rotatable bonds is 6. The minimum absolute atomic E-state index is 0.0435. The molecule has 2 aliphatic rings. The second-order valence-corrected chi connectivity index (χ2v) is 6.98. The summed E-state index contributed by atoms with van der Waals surface area (Å²) in [6.07, 6.45) is 1.90. The standard InChI is InChI=1S/C18H34N4O3/c1-4-25-17(23)16-6-5-7-22(14-16)18(19-3)20-12-15(2)13-21-8-10-24-11-9-21/h15-16H,4-14H2,1-3H3,(H,19,20). The maximum Gasteiger partial charge on any atom is 0.310 e. The van der Waals surface area contributed by atoms with Crippen LogP contribution in [0.15, 0.2) is 4.99 Å². The second kappa shape index (κ2) is 10.6. The molecule has 7 nitrogen and oxygen atoms in total. The van der Waals surface area contributed by atoms with Gasteiger partial charge in [-0.1, -0.05) is 6.92 Å². The van der Waals surface area contributed by atoms with Crippen molar-refractivity contribution in [3.05, 3.63) is 0 Å². The first-order chi connectivity index (χ1) is 12.1. The number of esters is 1. The maximum atomic E-state index is 12.0. The molecule has 0 bridgehead atoms.